The van der Waals surface area contributed by atoms with E-state index in [0.29, 0.717) is 6.42 Å². The molecule has 0 spiro atoms. The van der Waals surface area contributed by atoms with E-state index >= 15 is 0 Å². The minimum Gasteiger partial charge on any atom is -0.395 e. The highest BCUT2D eigenvalue weighted by molar-refractivity contribution is 5.72. The zero-order chi connectivity index (χ0) is 15.5. The van der Waals surface area contributed by atoms with Gasteiger partial charge in [0.05, 0.1) is 24.3 Å². The van der Waals surface area contributed by atoms with Gasteiger partial charge in [0.15, 0.2) is 0 Å². The fraction of sp³-hybridized carbons (Fsp3) is 0.571. The number of hydrogen-bond acceptors (Lipinski definition) is 6. The molecule has 5 N–H and O–H groups in total. The molecule has 2 rings (SSSR count). The predicted molar refractivity (Wildman–Crippen MR) is 75.4 cm³/mol. The number of aliphatic hydroxyl groups excluding tert-OH is 3. The Morgan fingerprint density at radius 2 is 2.24 bits per heavy atom. The maximum atomic E-state index is 11.2. The number of nitrogens with one attached hydrogen (secondary N) is 2. The number of amides is 1. The van der Waals surface area contributed by atoms with Gasteiger partial charge in [-0.05, 0) is 12.1 Å². The molecule has 1 aliphatic heterocycles. The molecular formula is C14H21N3O4. The van der Waals surface area contributed by atoms with Gasteiger partial charge >= 0.3 is 0 Å². The summed E-state index contributed by atoms with van der Waals surface area (Å²) in [5, 5.41) is 35.4. The van der Waals surface area contributed by atoms with Crippen molar-refractivity contribution in [2.75, 3.05) is 13.2 Å². The third-order valence-corrected chi connectivity index (χ3v) is 3.85. The summed E-state index contributed by atoms with van der Waals surface area (Å²) in [4.78, 5) is 15.4. The molecule has 0 radical (unpaired) electrons. The first-order valence-electron chi connectivity index (χ1n) is 6.87. The normalized spacial score (nSPS) is 32.1. The van der Waals surface area contributed by atoms with E-state index in [-0.39, 0.29) is 19.1 Å². The highest BCUT2D eigenvalue weighted by Crippen LogP contribution is 2.27. The van der Waals surface area contributed by atoms with Crippen LogP contribution in [0, 0.1) is 0 Å². The van der Waals surface area contributed by atoms with Crippen molar-refractivity contribution in [3.8, 4) is 0 Å². The second-order valence-corrected chi connectivity index (χ2v) is 5.43. The average molecular weight is 295 g/mol. The molecule has 1 aliphatic rings. The van der Waals surface area contributed by atoms with Crippen molar-refractivity contribution in [2.24, 2.45) is 0 Å². The van der Waals surface area contributed by atoms with Crippen LogP contribution in [0.5, 0.6) is 0 Å². The molecule has 7 nitrogen and oxygen atoms in total. The van der Waals surface area contributed by atoms with Crippen LogP contribution in [0.15, 0.2) is 24.4 Å². The third-order valence-electron chi connectivity index (χ3n) is 3.85. The van der Waals surface area contributed by atoms with Crippen molar-refractivity contribution >= 4 is 5.91 Å². The number of rotatable bonds is 5. The lowest BCUT2D eigenvalue weighted by Crippen LogP contribution is -2.59. The molecule has 2 heterocycles. The zero-order valence-corrected chi connectivity index (χ0v) is 11.9. The second-order valence-electron chi connectivity index (χ2n) is 5.43. The standard InChI is InChI=1S/C14H21N3O4/c1-9(19)16-8-14(6-10-4-2-3-5-15-10)13(21)12(20)11(7-18)17-14/h2-5,11-13,17-18,20-21H,6-8H2,1H3,(H,16,19)/t11-,12-,13+,14-/m1/s1. The summed E-state index contributed by atoms with van der Waals surface area (Å²) in [6.45, 7) is 1.21. The van der Waals surface area contributed by atoms with E-state index in [0.717, 1.165) is 5.69 Å². The fourth-order valence-corrected chi connectivity index (χ4v) is 2.72. The summed E-state index contributed by atoms with van der Waals surface area (Å²) >= 11 is 0. The Kier molecular flexibility index (Phi) is 4.89. The summed E-state index contributed by atoms with van der Waals surface area (Å²) in [6.07, 6.45) is -0.262. The quantitative estimate of drug-likeness (QED) is 0.437. The van der Waals surface area contributed by atoms with Gasteiger partial charge in [-0.3, -0.25) is 15.1 Å². The van der Waals surface area contributed by atoms with Gasteiger partial charge in [-0.15, -0.1) is 0 Å². The SMILES string of the molecule is CC(=O)NC[C@@]1(Cc2ccccn2)N[C@H](CO)[C@@H](O)[C@@H]1O. The molecular weight excluding hydrogens is 274 g/mol. The Hall–Kier alpha value is -1.54. The van der Waals surface area contributed by atoms with Crippen molar-refractivity contribution in [3.05, 3.63) is 30.1 Å². The van der Waals surface area contributed by atoms with Crippen molar-refractivity contribution in [1.82, 2.24) is 15.6 Å². The number of pyridine rings is 1. The van der Waals surface area contributed by atoms with Gasteiger partial charge in [0.2, 0.25) is 5.91 Å². The first-order valence-corrected chi connectivity index (χ1v) is 6.87. The summed E-state index contributed by atoms with van der Waals surface area (Å²) in [5.41, 5.74) is -0.243. The van der Waals surface area contributed by atoms with Crippen LogP contribution in [-0.2, 0) is 11.2 Å². The molecule has 0 saturated carbocycles. The minimum absolute atomic E-state index is 0.133. The first kappa shape index (κ1) is 15.8. The van der Waals surface area contributed by atoms with Crippen LogP contribution in [0.25, 0.3) is 0 Å². The van der Waals surface area contributed by atoms with Crippen molar-refractivity contribution in [3.63, 3.8) is 0 Å². The maximum Gasteiger partial charge on any atom is 0.216 e. The van der Waals surface area contributed by atoms with Crippen LogP contribution >= 0.6 is 0 Å². The number of carbonyl (C=O) groups excluding carboxylic acids is 1. The van der Waals surface area contributed by atoms with E-state index in [1.807, 2.05) is 12.1 Å². The van der Waals surface area contributed by atoms with Gasteiger partial charge in [0.1, 0.15) is 6.10 Å². The van der Waals surface area contributed by atoms with E-state index in [1.165, 1.54) is 6.92 Å². The molecule has 1 aromatic heterocycles. The fourth-order valence-electron chi connectivity index (χ4n) is 2.72. The summed E-state index contributed by atoms with van der Waals surface area (Å²) < 4.78 is 0. The predicted octanol–water partition coefficient (Wildman–Crippen LogP) is -1.82. The van der Waals surface area contributed by atoms with E-state index in [4.69, 9.17) is 0 Å². The van der Waals surface area contributed by atoms with Gasteiger partial charge in [0, 0.05) is 31.8 Å². The first-order chi connectivity index (χ1) is 9.98. The summed E-state index contributed by atoms with van der Waals surface area (Å²) in [7, 11) is 0. The lowest BCUT2D eigenvalue weighted by molar-refractivity contribution is -0.119. The number of carbonyl (C=O) groups is 1. The van der Waals surface area contributed by atoms with Crippen molar-refractivity contribution in [1.29, 1.82) is 0 Å². The Balaban J connectivity index is 2.24. The summed E-state index contributed by atoms with van der Waals surface area (Å²) in [5.74, 6) is -0.230. The molecule has 1 amide bonds. The summed E-state index contributed by atoms with van der Waals surface area (Å²) in [6, 6.07) is 4.78. The van der Waals surface area contributed by atoms with Crippen LogP contribution < -0.4 is 10.6 Å². The minimum atomic E-state index is -1.12. The highest BCUT2D eigenvalue weighted by atomic mass is 16.3. The average Bonchev–Trinajstić information content (AvgIpc) is 2.71. The van der Waals surface area contributed by atoms with Gasteiger partial charge < -0.3 is 20.6 Å². The van der Waals surface area contributed by atoms with Gasteiger partial charge in [0.25, 0.3) is 0 Å². The Morgan fingerprint density at radius 3 is 2.76 bits per heavy atom. The lowest BCUT2D eigenvalue weighted by atomic mass is 9.87. The van der Waals surface area contributed by atoms with E-state index in [1.54, 1.807) is 12.3 Å². The molecule has 1 fully saturated rings. The van der Waals surface area contributed by atoms with Gasteiger partial charge in [-0.1, -0.05) is 6.07 Å². The second kappa shape index (κ2) is 6.48. The molecule has 0 bridgehead atoms. The smallest absolute Gasteiger partial charge is 0.216 e. The largest absolute Gasteiger partial charge is 0.395 e. The molecule has 0 aromatic carbocycles. The molecule has 21 heavy (non-hydrogen) atoms. The zero-order valence-electron chi connectivity index (χ0n) is 11.9. The van der Waals surface area contributed by atoms with E-state index in [2.05, 4.69) is 15.6 Å². The molecule has 0 aliphatic carbocycles. The van der Waals surface area contributed by atoms with Crippen molar-refractivity contribution in [2.45, 2.75) is 37.1 Å². The number of aromatic nitrogens is 1. The molecule has 116 valence electrons. The lowest BCUT2D eigenvalue weighted by Gasteiger charge is -2.33. The molecule has 7 heteroatoms. The Morgan fingerprint density at radius 1 is 1.48 bits per heavy atom. The Labute approximate surface area is 123 Å². The van der Waals surface area contributed by atoms with Gasteiger partial charge in [-0.2, -0.15) is 0 Å². The number of aliphatic hydroxyl groups is 3. The molecule has 1 aromatic rings. The Bertz CT molecular complexity index is 484. The van der Waals surface area contributed by atoms with Crippen LogP contribution in [0.2, 0.25) is 0 Å². The monoisotopic (exact) mass is 295 g/mol. The maximum absolute atomic E-state index is 11.2. The highest BCUT2D eigenvalue weighted by Gasteiger charge is 2.52. The van der Waals surface area contributed by atoms with Crippen molar-refractivity contribution < 1.29 is 20.1 Å². The van der Waals surface area contributed by atoms with Crippen LogP contribution in [0.3, 0.4) is 0 Å². The van der Waals surface area contributed by atoms with E-state index < -0.39 is 23.8 Å². The van der Waals surface area contributed by atoms with Gasteiger partial charge in [-0.25, -0.2) is 0 Å². The van der Waals surface area contributed by atoms with Crippen LogP contribution in [-0.4, -0.2) is 63.2 Å². The van der Waals surface area contributed by atoms with E-state index in [9.17, 15) is 20.1 Å². The third kappa shape index (κ3) is 3.38. The topological polar surface area (TPSA) is 115 Å². The van der Waals surface area contributed by atoms with Crippen LogP contribution in [0.4, 0.5) is 0 Å². The number of nitrogens with zero attached hydrogens (tertiary/aromatic N) is 1. The molecule has 4 atom stereocenters. The van der Waals surface area contributed by atoms with Crippen LogP contribution in [0.1, 0.15) is 12.6 Å². The molecule has 1 saturated heterocycles. The molecule has 0 unspecified atom stereocenters. The number of hydrogen-bond donors (Lipinski definition) is 5.